The van der Waals surface area contributed by atoms with Crippen LogP contribution in [-0.2, 0) is 31.0 Å². The highest BCUT2D eigenvalue weighted by Crippen LogP contribution is 2.41. The highest BCUT2D eigenvalue weighted by atomic mass is 35.5. The zero-order valence-electron chi connectivity index (χ0n) is 72.7. The highest BCUT2D eigenvalue weighted by Gasteiger charge is 2.30. The zero-order chi connectivity index (χ0) is 97.7. The molecule has 0 unspecified atom stereocenters. The molecule has 15 aromatic rings. The van der Waals surface area contributed by atoms with E-state index in [1.807, 2.05) is 20.2 Å². The summed E-state index contributed by atoms with van der Waals surface area (Å²) in [5.41, 5.74) is 33.5. The molecule has 1 fully saturated rings. The van der Waals surface area contributed by atoms with Crippen molar-refractivity contribution < 1.29 is 83.1 Å². The van der Waals surface area contributed by atoms with Gasteiger partial charge in [0.05, 0.1) is 119 Å². The number of pyridine rings is 3. The van der Waals surface area contributed by atoms with Crippen molar-refractivity contribution in [2.24, 2.45) is 21.1 Å². The molecule has 16 rings (SSSR count). The van der Waals surface area contributed by atoms with Crippen molar-refractivity contribution in [3.63, 3.8) is 0 Å². The molecule has 700 valence electrons. The number of sulfone groups is 1. The van der Waals surface area contributed by atoms with Crippen LogP contribution in [0.4, 0.5) is 58.4 Å². The monoisotopic (exact) mass is 1900 g/mol. The van der Waals surface area contributed by atoms with Crippen LogP contribution in [0.5, 0.6) is 0 Å². The van der Waals surface area contributed by atoms with Gasteiger partial charge in [-0.2, -0.15) is 5.10 Å². The molecule has 4 atom stereocenters. The third-order valence-corrected chi connectivity index (χ3v) is 23.0. The molecule has 1 aliphatic carbocycles. The Hall–Kier alpha value is -15.6. The van der Waals surface area contributed by atoms with Crippen molar-refractivity contribution >= 4 is 68.3 Å². The highest BCUT2D eigenvalue weighted by molar-refractivity contribution is 7.90. The topological polar surface area (TPSA) is 479 Å². The summed E-state index contributed by atoms with van der Waals surface area (Å²) >= 11 is 5.85. The molecular weight excluding hydrogens is 1810 g/mol. The van der Waals surface area contributed by atoms with Gasteiger partial charge in [-0.1, -0.05) is 88.8 Å². The molecule has 31 nitrogen and oxygen atoms in total. The Balaban J connectivity index is 0.000000153. The molecule has 4 amide bonds. The van der Waals surface area contributed by atoms with Gasteiger partial charge in [0.15, 0.2) is 9.84 Å². The number of nitrogens with two attached hydrogens (primary N) is 4. The zero-order valence-corrected chi connectivity index (χ0v) is 74.3. The smallest absolute Gasteiger partial charge is 0.263 e. The summed E-state index contributed by atoms with van der Waals surface area (Å²) in [6.07, 6.45) is 11.8. The molecule has 7 heterocycles. The fourth-order valence-corrected chi connectivity index (χ4v) is 15.3. The molecule has 16 N–H and O–H groups in total. The number of hydrogen-bond donors (Lipinski definition) is 12. The van der Waals surface area contributed by atoms with Gasteiger partial charge in [-0.25, -0.2) is 77.8 Å². The number of aliphatic hydroxyl groups is 4. The van der Waals surface area contributed by atoms with E-state index in [0.717, 1.165) is 59.8 Å². The largest absolute Gasteiger partial charge is 0.394 e. The predicted octanol–water partition coefficient (Wildman–Crippen LogP) is 13.6. The molecule has 0 saturated heterocycles. The van der Waals surface area contributed by atoms with Crippen LogP contribution in [0.1, 0.15) is 130 Å². The van der Waals surface area contributed by atoms with Crippen molar-refractivity contribution in [3.8, 4) is 78.3 Å². The average molecular weight is 1900 g/mol. The van der Waals surface area contributed by atoms with Gasteiger partial charge in [0.1, 0.15) is 63.9 Å². The first kappa shape index (κ1) is 97.9. The average Bonchev–Trinajstić information content (AvgIpc) is 1.38. The van der Waals surface area contributed by atoms with Crippen LogP contribution in [0.2, 0.25) is 5.02 Å². The molecule has 0 radical (unpaired) electrons. The maximum atomic E-state index is 15.0. The molecule has 0 spiro atoms. The fraction of sp³-hybridized carbons (Fsp3) is 0.179. The molecule has 7 aromatic heterocycles. The number of benzene rings is 8. The number of anilines is 4. The van der Waals surface area contributed by atoms with Crippen molar-refractivity contribution in [3.05, 3.63) is 327 Å². The SMILES string of the molecule is CS(=O)(=O)c1cccc([C@@H](CO)NC(=O)c2ccc(-c3nc(C4CC4)cnc3N)cc2F)c1.Cc1nn(C)cc1-c1cnc(N)c(-c2ccc(C(=O)N[C@H](CO)c3cccc(F)c3)c(F)c2)c1.Cn1nncc1-c1cnc(N)c(-c2ccc(C(=O)N[C@H](CO)c3cc(F)cc(Cl)c3)c(F)c2)c1.Cn1nncc1-c1cnc(N)c(-c2ccc(C(=O)N[C@H](CO)c3cccc(C(F)F)c3)c(F)c2)c1. The van der Waals surface area contributed by atoms with Gasteiger partial charge >= 0.3 is 0 Å². The summed E-state index contributed by atoms with van der Waals surface area (Å²) in [5.74, 6) is -6.33. The van der Waals surface area contributed by atoms with E-state index in [1.165, 1.54) is 127 Å². The van der Waals surface area contributed by atoms with Gasteiger partial charge in [0, 0.05) is 113 Å². The van der Waals surface area contributed by atoms with E-state index in [0.29, 0.717) is 84.2 Å². The Morgan fingerprint density at radius 1 is 0.441 bits per heavy atom. The van der Waals surface area contributed by atoms with Crippen LogP contribution in [0, 0.1) is 41.8 Å². The first-order valence-electron chi connectivity index (χ1n) is 41.3. The third-order valence-electron chi connectivity index (χ3n) is 21.7. The maximum Gasteiger partial charge on any atom is 0.263 e. The number of aryl methyl sites for hydroxylation is 4. The summed E-state index contributed by atoms with van der Waals surface area (Å²) in [4.78, 5) is 72.1. The van der Waals surface area contributed by atoms with Crippen molar-refractivity contribution in [1.29, 1.82) is 0 Å². The van der Waals surface area contributed by atoms with E-state index in [-0.39, 0.29) is 72.1 Å². The van der Waals surface area contributed by atoms with E-state index in [4.69, 9.17) is 34.5 Å². The lowest BCUT2D eigenvalue weighted by Crippen LogP contribution is -2.31. The minimum atomic E-state index is -3.47. The summed E-state index contributed by atoms with van der Waals surface area (Å²) in [6.45, 7) is -0.197. The Morgan fingerprint density at radius 3 is 1.23 bits per heavy atom. The number of nitrogens with zero attached hydrogens (tertiary/aromatic N) is 13. The Kier molecular flexibility index (Phi) is 30.9. The minimum absolute atomic E-state index is 0.0513. The number of nitrogen functional groups attached to an aromatic ring is 4. The first-order chi connectivity index (χ1) is 65.0. The van der Waals surface area contributed by atoms with E-state index < -0.39 is 125 Å². The second-order valence-corrected chi connectivity index (χ2v) is 33.7. The molecule has 136 heavy (non-hydrogen) atoms. The van der Waals surface area contributed by atoms with Gasteiger partial charge in [-0.15, -0.1) is 10.2 Å². The number of aliphatic hydroxyl groups excluding tert-OH is 4. The molecule has 41 heteroatoms. The van der Waals surface area contributed by atoms with Crippen LogP contribution in [0.25, 0.3) is 78.3 Å². The van der Waals surface area contributed by atoms with E-state index in [9.17, 15) is 83.1 Å². The van der Waals surface area contributed by atoms with Crippen LogP contribution < -0.4 is 44.2 Å². The number of alkyl halides is 2. The Bertz CT molecular complexity index is 7100. The summed E-state index contributed by atoms with van der Waals surface area (Å²) < 4.78 is 141. The maximum absolute atomic E-state index is 15.0. The lowest BCUT2D eigenvalue weighted by atomic mass is 9.99. The molecular formula is C95H86ClF8N21O10S. The number of halogens is 9. The predicted molar refractivity (Wildman–Crippen MR) is 491 cm³/mol. The fourth-order valence-electron chi connectivity index (χ4n) is 14.4. The number of hydrogen-bond acceptors (Lipinski definition) is 24. The Labute approximate surface area is 776 Å². The van der Waals surface area contributed by atoms with Gasteiger partial charge < -0.3 is 64.6 Å². The quantitative estimate of drug-likeness (QED) is 0.0224. The number of nitrogens with one attached hydrogen (secondary N) is 4. The van der Waals surface area contributed by atoms with Gasteiger partial charge in [-0.05, 0) is 174 Å². The molecule has 8 aromatic carbocycles. The van der Waals surface area contributed by atoms with Crippen LogP contribution >= 0.6 is 11.6 Å². The van der Waals surface area contributed by atoms with Crippen molar-refractivity contribution in [1.82, 2.24) is 86.0 Å². The second-order valence-electron chi connectivity index (χ2n) is 31.2. The summed E-state index contributed by atoms with van der Waals surface area (Å²) in [7, 11) is 1.79. The third kappa shape index (κ3) is 23.5. The number of rotatable bonds is 26. The van der Waals surface area contributed by atoms with Gasteiger partial charge in [0.25, 0.3) is 30.1 Å². The second kappa shape index (κ2) is 42.9. The standard InChI is InChI=1S/C25H23F2N5O2.C24H21F3N6O2.C23H19ClF2N6O2.C23H23FN4O4S/c1-14-21(12-32(2)31-14)17-9-20(24(28)29-11-17)15-6-7-19(22(27)10-15)25(34)30-23(13-33)16-4-3-5-18(26)8-16;1-33-21(11-30-32-33)16-8-18(23(28)29-10-16)13-5-6-17(19(25)9-13)24(35)31-20(12-34)14-3-2-4-15(7-14)22(26)27;1-32-21(10-29-31-32)14-6-18(22(27)28-9-14)12-2-3-17(19(26)7-12)23(34)30-20(11-33)13-4-15(24)8-16(25)5-13;1-33(31,32)16-4-2-3-14(9-16)20(12-29)28-23(30)17-8-7-15(10-18(17)24)21-22(25)26-11-19(27-21)13-5-6-13/h3-12,23,33H,13H2,1-2H3,(H2,28,29)(H,30,34);2-11,20,22,34H,12H2,1H3,(H2,28,29)(H,31,35);2-10,20,33H,11H2,1H3,(H2,27,28)(H,30,34);2-4,7-11,13,20,29H,5-6,12H2,1H3,(H2,25,26)(H,28,30)/t23-;3*20-/m1111/s1. The van der Waals surface area contributed by atoms with Crippen LogP contribution in [0.15, 0.2) is 230 Å². The van der Waals surface area contributed by atoms with Crippen molar-refractivity contribution in [2.45, 2.75) is 61.2 Å². The molecule has 1 aliphatic rings. The first-order valence-corrected chi connectivity index (χ1v) is 43.6. The molecule has 0 aliphatic heterocycles. The van der Waals surface area contributed by atoms with Crippen molar-refractivity contribution in [2.75, 3.05) is 55.6 Å². The lowest BCUT2D eigenvalue weighted by molar-refractivity contribution is 0.0904. The Morgan fingerprint density at radius 2 is 0.831 bits per heavy atom. The number of amides is 4. The number of carbonyl (C=O) groups excluding carboxylic acids is 4. The molecule has 0 bridgehead atoms. The van der Waals surface area contributed by atoms with Crippen LogP contribution in [-0.4, -0.2) is 150 Å². The normalized spacial score (nSPS) is 12.6. The minimum Gasteiger partial charge on any atom is -0.394 e. The summed E-state index contributed by atoms with van der Waals surface area (Å²) in [5, 5.41) is 68.7. The van der Waals surface area contributed by atoms with E-state index in [1.54, 1.807) is 102 Å². The van der Waals surface area contributed by atoms with Crippen LogP contribution in [0.3, 0.4) is 0 Å². The van der Waals surface area contributed by atoms with Gasteiger partial charge in [-0.3, -0.25) is 23.9 Å². The molecule has 1 saturated carbocycles. The number of aromatic nitrogens is 13. The lowest BCUT2D eigenvalue weighted by Gasteiger charge is -2.18. The number of carbonyl (C=O) groups is 4. The van der Waals surface area contributed by atoms with Gasteiger partial charge in [0.2, 0.25) is 0 Å². The summed E-state index contributed by atoms with van der Waals surface area (Å²) in [6, 6.07) is 37.8. The van der Waals surface area contributed by atoms with E-state index in [2.05, 4.69) is 71.9 Å². The van der Waals surface area contributed by atoms with E-state index >= 15 is 0 Å².